The zero-order valence-corrected chi connectivity index (χ0v) is 11.9. The SMILES string of the molecule is CCCCN(CCO)Cc1nc(NC)ccc1Cl. The van der Waals surface area contributed by atoms with Crippen molar-refractivity contribution in [1.82, 2.24) is 9.88 Å². The highest BCUT2D eigenvalue weighted by Crippen LogP contribution is 2.18. The van der Waals surface area contributed by atoms with E-state index in [2.05, 4.69) is 22.1 Å². The van der Waals surface area contributed by atoms with Gasteiger partial charge in [-0.15, -0.1) is 0 Å². The summed E-state index contributed by atoms with van der Waals surface area (Å²) in [6.45, 7) is 4.60. The van der Waals surface area contributed by atoms with E-state index in [1.54, 1.807) is 0 Å². The lowest BCUT2D eigenvalue weighted by atomic mass is 10.2. The van der Waals surface area contributed by atoms with Crippen molar-refractivity contribution in [3.8, 4) is 0 Å². The predicted molar refractivity (Wildman–Crippen MR) is 76.1 cm³/mol. The third kappa shape index (κ3) is 4.80. The largest absolute Gasteiger partial charge is 0.395 e. The molecule has 0 atom stereocenters. The molecule has 0 aliphatic carbocycles. The fourth-order valence-corrected chi connectivity index (χ4v) is 1.90. The molecule has 0 aromatic carbocycles. The van der Waals surface area contributed by atoms with Crippen LogP contribution < -0.4 is 5.32 Å². The van der Waals surface area contributed by atoms with E-state index < -0.39 is 0 Å². The molecule has 102 valence electrons. The molecule has 0 amide bonds. The molecule has 1 heterocycles. The summed E-state index contributed by atoms with van der Waals surface area (Å²) < 4.78 is 0. The van der Waals surface area contributed by atoms with Crippen molar-refractivity contribution in [3.63, 3.8) is 0 Å². The van der Waals surface area contributed by atoms with E-state index >= 15 is 0 Å². The molecule has 1 aromatic rings. The molecular formula is C13H22ClN3O. The number of halogens is 1. The van der Waals surface area contributed by atoms with E-state index in [0.29, 0.717) is 18.1 Å². The van der Waals surface area contributed by atoms with Crippen LogP contribution in [0.15, 0.2) is 12.1 Å². The molecule has 0 saturated carbocycles. The van der Waals surface area contributed by atoms with Gasteiger partial charge in [-0.1, -0.05) is 24.9 Å². The molecule has 0 bridgehead atoms. The van der Waals surface area contributed by atoms with Gasteiger partial charge in [-0.25, -0.2) is 4.98 Å². The summed E-state index contributed by atoms with van der Waals surface area (Å²) in [7, 11) is 1.84. The number of aliphatic hydroxyl groups is 1. The van der Waals surface area contributed by atoms with Crippen LogP contribution in [0.3, 0.4) is 0 Å². The van der Waals surface area contributed by atoms with Crippen LogP contribution in [-0.4, -0.2) is 41.7 Å². The first-order valence-corrected chi connectivity index (χ1v) is 6.75. The molecule has 1 rings (SSSR count). The topological polar surface area (TPSA) is 48.4 Å². The number of nitrogens with one attached hydrogen (secondary N) is 1. The Bertz CT molecular complexity index is 360. The molecule has 0 aliphatic heterocycles. The maximum atomic E-state index is 9.08. The lowest BCUT2D eigenvalue weighted by molar-refractivity contribution is 0.187. The van der Waals surface area contributed by atoms with Gasteiger partial charge in [-0.3, -0.25) is 4.90 Å². The van der Waals surface area contributed by atoms with E-state index in [-0.39, 0.29) is 6.61 Å². The molecule has 0 unspecified atom stereocenters. The van der Waals surface area contributed by atoms with Gasteiger partial charge in [0.2, 0.25) is 0 Å². The van der Waals surface area contributed by atoms with Crippen LogP contribution in [0.5, 0.6) is 0 Å². The van der Waals surface area contributed by atoms with Crippen molar-refractivity contribution in [2.75, 3.05) is 32.1 Å². The molecule has 2 N–H and O–H groups in total. The Morgan fingerprint density at radius 1 is 1.39 bits per heavy atom. The molecule has 4 nitrogen and oxygen atoms in total. The molecule has 1 aromatic heterocycles. The Morgan fingerprint density at radius 2 is 2.17 bits per heavy atom. The Hall–Kier alpha value is -0.840. The van der Waals surface area contributed by atoms with Crippen LogP contribution in [0.4, 0.5) is 5.82 Å². The highest BCUT2D eigenvalue weighted by molar-refractivity contribution is 6.31. The van der Waals surface area contributed by atoms with Gasteiger partial charge in [0.05, 0.1) is 17.3 Å². The van der Waals surface area contributed by atoms with Crippen molar-refractivity contribution >= 4 is 17.4 Å². The minimum Gasteiger partial charge on any atom is -0.395 e. The normalized spacial score (nSPS) is 10.9. The quantitative estimate of drug-likeness (QED) is 0.762. The minimum atomic E-state index is 0.160. The van der Waals surface area contributed by atoms with Crippen LogP contribution in [0.2, 0.25) is 5.02 Å². The number of rotatable bonds is 8. The van der Waals surface area contributed by atoms with Crippen molar-refractivity contribution in [1.29, 1.82) is 0 Å². The first kappa shape index (κ1) is 15.2. The van der Waals surface area contributed by atoms with Gasteiger partial charge in [-0.2, -0.15) is 0 Å². The first-order chi connectivity index (χ1) is 8.71. The molecule has 0 fully saturated rings. The van der Waals surface area contributed by atoms with Crippen LogP contribution >= 0.6 is 11.6 Å². The Labute approximate surface area is 114 Å². The second kappa shape index (κ2) is 8.29. The number of aromatic nitrogens is 1. The lowest BCUT2D eigenvalue weighted by Crippen LogP contribution is -2.28. The standard InChI is InChI=1S/C13H22ClN3O/c1-3-4-7-17(8-9-18)10-12-11(14)5-6-13(15-2)16-12/h5-6,18H,3-4,7-10H2,1-2H3,(H,15,16). The van der Waals surface area contributed by atoms with E-state index in [4.69, 9.17) is 16.7 Å². The average Bonchev–Trinajstić information content (AvgIpc) is 2.38. The number of pyridine rings is 1. The Kier molecular flexibility index (Phi) is 7.01. The maximum Gasteiger partial charge on any atom is 0.126 e. The van der Waals surface area contributed by atoms with Crippen molar-refractivity contribution in [3.05, 3.63) is 22.8 Å². The smallest absolute Gasteiger partial charge is 0.126 e. The van der Waals surface area contributed by atoms with E-state index in [1.165, 1.54) is 0 Å². The summed E-state index contributed by atoms with van der Waals surface area (Å²) in [5, 5.41) is 12.8. The molecule has 5 heteroatoms. The average molecular weight is 272 g/mol. The lowest BCUT2D eigenvalue weighted by Gasteiger charge is -2.21. The second-order valence-electron chi connectivity index (χ2n) is 4.23. The number of anilines is 1. The van der Waals surface area contributed by atoms with Gasteiger partial charge in [0.1, 0.15) is 5.82 Å². The highest BCUT2D eigenvalue weighted by atomic mass is 35.5. The van der Waals surface area contributed by atoms with Gasteiger partial charge in [0.15, 0.2) is 0 Å². The fraction of sp³-hybridized carbons (Fsp3) is 0.615. The summed E-state index contributed by atoms with van der Waals surface area (Å²) in [5.74, 6) is 0.814. The zero-order chi connectivity index (χ0) is 13.4. The van der Waals surface area contributed by atoms with Gasteiger partial charge < -0.3 is 10.4 Å². The maximum absolute atomic E-state index is 9.08. The first-order valence-electron chi connectivity index (χ1n) is 6.37. The van der Waals surface area contributed by atoms with Gasteiger partial charge in [0.25, 0.3) is 0 Å². The third-order valence-electron chi connectivity index (χ3n) is 2.79. The number of nitrogens with zero attached hydrogens (tertiary/aromatic N) is 2. The monoisotopic (exact) mass is 271 g/mol. The summed E-state index contributed by atoms with van der Waals surface area (Å²) in [4.78, 5) is 6.63. The molecule has 0 saturated heterocycles. The van der Waals surface area contributed by atoms with Crippen molar-refractivity contribution in [2.45, 2.75) is 26.3 Å². The summed E-state index contributed by atoms with van der Waals surface area (Å²) in [5.41, 5.74) is 0.855. The Balaban J connectivity index is 2.72. The number of hydrogen-bond acceptors (Lipinski definition) is 4. The van der Waals surface area contributed by atoms with Crippen LogP contribution in [0, 0.1) is 0 Å². The Morgan fingerprint density at radius 3 is 2.78 bits per heavy atom. The van der Waals surface area contributed by atoms with Crippen molar-refractivity contribution < 1.29 is 5.11 Å². The zero-order valence-electron chi connectivity index (χ0n) is 11.1. The fourth-order valence-electron chi connectivity index (χ4n) is 1.74. The molecule has 0 radical (unpaired) electrons. The molecule has 18 heavy (non-hydrogen) atoms. The molecular weight excluding hydrogens is 250 g/mol. The van der Waals surface area contributed by atoms with E-state index in [1.807, 2.05) is 19.2 Å². The molecule has 0 spiro atoms. The van der Waals surface area contributed by atoms with Crippen LogP contribution in [0.1, 0.15) is 25.5 Å². The molecule has 0 aliphatic rings. The van der Waals surface area contributed by atoms with Crippen LogP contribution in [0.25, 0.3) is 0 Å². The third-order valence-corrected chi connectivity index (χ3v) is 3.14. The van der Waals surface area contributed by atoms with Gasteiger partial charge in [-0.05, 0) is 25.1 Å². The van der Waals surface area contributed by atoms with E-state index in [0.717, 1.165) is 30.9 Å². The minimum absolute atomic E-state index is 0.160. The number of hydrogen-bond donors (Lipinski definition) is 2. The summed E-state index contributed by atoms with van der Waals surface area (Å²) >= 11 is 6.15. The highest BCUT2D eigenvalue weighted by Gasteiger charge is 2.10. The predicted octanol–water partition coefficient (Wildman–Crippen LogP) is 2.37. The van der Waals surface area contributed by atoms with E-state index in [9.17, 15) is 0 Å². The number of unbranched alkanes of at least 4 members (excludes halogenated alkanes) is 1. The second-order valence-corrected chi connectivity index (χ2v) is 4.64. The summed E-state index contributed by atoms with van der Waals surface area (Å²) in [6.07, 6.45) is 2.25. The van der Waals surface area contributed by atoms with Crippen LogP contribution in [-0.2, 0) is 6.54 Å². The van der Waals surface area contributed by atoms with Gasteiger partial charge in [0, 0.05) is 20.1 Å². The van der Waals surface area contributed by atoms with Gasteiger partial charge >= 0.3 is 0 Å². The van der Waals surface area contributed by atoms with Crippen molar-refractivity contribution in [2.24, 2.45) is 0 Å². The summed E-state index contributed by atoms with van der Waals surface area (Å²) in [6, 6.07) is 3.71. The number of aliphatic hydroxyl groups excluding tert-OH is 1.